The van der Waals surface area contributed by atoms with Crippen molar-refractivity contribution in [1.29, 1.82) is 0 Å². The Bertz CT molecular complexity index is 621. The molecule has 0 aliphatic heterocycles. The van der Waals surface area contributed by atoms with Gasteiger partial charge in [0.25, 0.3) is 0 Å². The van der Waals surface area contributed by atoms with Crippen LogP contribution < -0.4 is 5.32 Å². The van der Waals surface area contributed by atoms with Gasteiger partial charge in [0.15, 0.2) is 0 Å². The third-order valence-corrected chi connectivity index (χ3v) is 6.02. The lowest BCUT2D eigenvalue weighted by Gasteiger charge is -2.39. The minimum Gasteiger partial charge on any atom is -0.469 e. The summed E-state index contributed by atoms with van der Waals surface area (Å²) in [5.41, 5.74) is -2.71. The molecular weight excluding hydrogens is 410 g/mol. The fourth-order valence-corrected chi connectivity index (χ4v) is 4.04. The Hall–Kier alpha value is -1.67. The predicted molar refractivity (Wildman–Crippen MR) is 127 cm³/mol. The molecule has 0 aliphatic carbocycles. The van der Waals surface area contributed by atoms with Crippen molar-refractivity contribution in [1.82, 2.24) is 15.1 Å². The topological polar surface area (TPSA) is 88.2 Å². The van der Waals surface area contributed by atoms with Gasteiger partial charge in [0.1, 0.15) is 6.61 Å². The number of rotatable bonds is 15. The van der Waals surface area contributed by atoms with Crippen molar-refractivity contribution in [2.24, 2.45) is 16.2 Å². The van der Waals surface area contributed by atoms with Crippen molar-refractivity contribution < 1.29 is 23.9 Å². The third-order valence-electron chi connectivity index (χ3n) is 6.02. The molecule has 0 saturated heterocycles. The van der Waals surface area contributed by atoms with Crippen LogP contribution in [0.1, 0.15) is 60.3 Å². The van der Waals surface area contributed by atoms with Crippen molar-refractivity contribution >= 4 is 17.8 Å². The highest BCUT2D eigenvalue weighted by molar-refractivity contribution is 5.84. The van der Waals surface area contributed by atoms with Gasteiger partial charge in [0.2, 0.25) is 5.91 Å². The predicted octanol–water partition coefficient (Wildman–Crippen LogP) is 2.56. The molecule has 1 amide bonds. The number of carbonyl (C=O) groups is 3. The van der Waals surface area contributed by atoms with Crippen LogP contribution in [0.4, 0.5) is 0 Å². The first-order valence-corrected chi connectivity index (χ1v) is 11.5. The summed E-state index contributed by atoms with van der Waals surface area (Å²) in [6, 6.07) is 0. The summed E-state index contributed by atoms with van der Waals surface area (Å²) in [4.78, 5) is 42.7. The van der Waals surface area contributed by atoms with Crippen LogP contribution >= 0.6 is 0 Å². The van der Waals surface area contributed by atoms with E-state index in [2.05, 4.69) is 10.2 Å². The summed E-state index contributed by atoms with van der Waals surface area (Å²) < 4.78 is 10.6. The maximum Gasteiger partial charge on any atom is 0.311 e. The molecule has 0 heterocycles. The summed E-state index contributed by atoms with van der Waals surface area (Å²) in [5, 5.41) is 2.99. The molecule has 0 rings (SSSR count). The molecule has 2 atom stereocenters. The second-order valence-corrected chi connectivity index (χ2v) is 10.6. The van der Waals surface area contributed by atoms with E-state index in [1.807, 2.05) is 53.9 Å². The van der Waals surface area contributed by atoms with Gasteiger partial charge >= 0.3 is 11.9 Å². The van der Waals surface area contributed by atoms with E-state index in [-0.39, 0.29) is 31.3 Å². The van der Waals surface area contributed by atoms with E-state index in [4.69, 9.17) is 9.47 Å². The first kappa shape index (κ1) is 30.3. The maximum absolute atomic E-state index is 13.3. The molecule has 0 radical (unpaired) electrons. The van der Waals surface area contributed by atoms with Gasteiger partial charge in [-0.1, -0.05) is 20.8 Å². The smallest absolute Gasteiger partial charge is 0.311 e. The van der Waals surface area contributed by atoms with E-state index in [1.54, 1.807) is 13.8 Å². The number of carbonyl (C=O) groups excluding carboxylic acids is 3. The molecule has 0 aromatic rings. The van der Waals surface area contributed by atoms with Gasteiger partial charge in [-0.25, -0.2) is 0 Å². The zero-order valence-corrected chi connectivity index (χ0v) is 22.1. The summed E-state index contributed by atoms with van der Waals surface area (Å²) in [7, 11) is 9.15. The van der Waals surface area contributed by atoms with E-state index in [9.17, 15) is 14.4 Å². The first-order chi connectivity index (χ1) is 14.6. The Morgan fingerprint density at radius 1 is 0.844 bits per heavy atom. The molecule has 0 aliphatic rings. The molecular formula is C24H47N3O5. The molecule has 2 unspecified atom stereocenters. The van der Waals surface area contributed by atoms with E-state index in [0.29, 0.717) is 19.5 Å². The third kappa shape index (κ3) is 9.86. The second-order valence-electron chi connectivity index (χ2n) is 10.6. The number of methoxy groups -OCH3 is 1. The molecule has 0 bridgehead atoms. The highest BCUT2D eigenvalue weighted by Gasteiger charge is 2.49. The van der Waals surface area contributed by atoms with Crippen molar-refractivity contribution in [3.8, 4) is 0 Å². The Balaban J connectivity index is 5.63. The number of nitrogens with one attached hydrogen (secondary N) is 1. The van der Waals surface area contributed by atoms with E-state index < -0.39 is 22.2 Å². The average molecular weight is 458 g/mol. The number of hydrogen-bond donors (Lipinski definition) is 1. The van der Waals surface area contributed by atoms with E-state index in [1.165, 1.54) is 7.11 Å². The standard InChI is InChI=1S/C24H47N3O5/c1-11-23(4,20(29)31-10)18-24(5,21(30)32-16-15-27(8)9)17-22(2,3)19(28)25-13-12-14-26(6)7/h11-18H2,1-10H3,(H,25,28). The normalized spacial score (nSPS) is 15.8. The summed E-state index contributed by atoms with van der Waals surface area (Å²) in [5.74, 6) is -0.866. The largest absolute Gasteiger partial charge is 0.469 e. The van der Waals surface area contributed by atoms with E-state index in [0.717, 1.165) is 13.0 Å². The highest BCUT2D eigenvalue weighted by Crippen LogP contribution is 2.45. The number of hydrogen-bond acceptors (Lipinski definition) is 7. The van der Waals surface area contributed by atoms with Crippen LogP contribution in [0.2, 0.25) is 0 Å². The van der Waals surface area contributed by atoms with Crippen LogP contribution in [0.25, 0.3) is 0 Å². The zero-order chi connectivity index (χ0) is 25.2. The molecule has 0 saturated carbocycles. The van der Waals surface area contributed by atoms with Gasteiger partial charge in [-0.15, -0.1) is 0 Å². The van der Waals surface area contributed by atoms with Gasteiger partial charge in [-0.3, -0.25) is 14.4 Å². The van der Waals surface area contributed by atoms with Crippen LogP contribution in [0.5, 0.6) is 0 Å². The molecule has 8 nitrogen and oxygen atoms in total. The Morgan fingerprint density at radius 2 is 1.41 bits per heavy atom. The minimum absolute atomic E-state index is 0.111. The quantitative estimate of drug-likeness (QED) is 0.299. The van der Waals surface area contributed by atoms with Gasteiger partial charge in [-0.05, 0) is 74.3 Å². The van der Waals surface area contributed by atoms with Crippen LogP contribution in [0.15, 0.2) is 0 Å². The van der Waals surface area contributed by atoms with Gasteiger partial charge in [0, 0.05) is 18.5 Å². The number of nitrogens with zero attached hydrogens (tertiary/aromatic N) is 2. The SMILES string of the molecule is CCC(C)(CC(C)(CC(C)(C)C(=O)NCCCN(C)C)C(=O)OCCN(C)C)C(=O)OC. The number of esters is 2. The number of amides is 1. The lowest BCUT2D eigenvalue weighted by atomic mass is 9.65. The molecule has 32 heavy (non-hydrogen) atoms. The summed E-state index contributed by atoms with van der Waals surface area (Å²) in [6.45, 7) is 11.5. The average Bonchev–Trinajstić information content (AvgIpc) is 2.69. The monoisotopic (exact) mass is 457 g/mol. The molecule has 0 aromatic heterocycles. The zero-order valence-electron chi connectivity index (χ0n) is 22.1. The number of likely N-dealkylation sites (N-methyl/N-ethyl adjacent to an activating group) is 1. The van der Waals surface area contributed by atoms with Crippen molar-refractivity contribution in [2.45, 2.75) is 60.3 Å². The second kappa shape index (κ2) is 13.1. The Morgan fingerprint density at radius 3 is 1.88 bits per heavy atom. The molecule has 0 spiro atoms. The van der Waals surface area contributed by atoms with Gasteiger partial charge in [-0.2, -0.15) is 0 Å². The van der Waals surface area contributed by atoms with E-state index >= 15 is 0 Å². The number of ether oxygens (including phenoxy) is 2. The molecule has 0 aromatic carbocycles. The van der Waals surface area contributed by atoms with Crippen LogP contribution in [-0.4, -0.2) is 89.2 Å². The van der Waals surface area contributed by atoms with Crippen molar-refractivity contribution in [3.63, 3.8) is 0 Å². The fourth-order valence-electron chi connectivity index (χ4n) is 4.04. The molecule has 188 valence electrons. The maximum atomic E-state index is 13.3. The van der Waals surface area contributed by atoms with Crippen LogP contribution in [0, 0.1) is 16.2 Å². The lowest BCUT2D eigenvalue weighted by molar-refractivity contribution is -0.165. The fraction of sp³-hybridized carbons (Fsp3) is 0.875. The van der Waals surface area contributed by atoms with Gasteiger partial charge < -0.3 is 24.6 Å². The Labute approximate surface area is 195 Å². The molecule has 0 fully saturated rings. The van der Waals surface area contributed by atoms with Crippen molar-refractivity contribution in [2.75, 3.05) is 61.5 Å². The van der Waals surface area contributed by atoms with Crippen molar-refractivity contribution in [3.05, 3.63) is 0 Å². The summed E-state index contributed by atoms with van der Waals surface area (Å²) >= 11 is 0. The van der Waals surface area contributed by atoms with Crippen LogP contribution in [0.3, 0.4) is 0 Å². The highest BCUT2D eigenvalue weighted by atomic mass is 16.5. The molecule has 1 N–H and O–H groups in total. The minimum atomic E-state index is -1.03. The lowest BCUT2D eigenvalue weighted by Crippen LogP contribution is -2.46. The summed E-state index contributed by atoms with van der Waals surface area (Å²) in [6.07, 6.45) is 1.85. The first-order valence-electron chi connectivity index (χ1n) is 11.5. The van der Waals surface area contributed by atoms with Crippen LogP contribution in [-0.2, 0) is 23.9 Å². The Kier molecular flexibility index (Phi) is 12.5. The molecule has 8 heteroatoms. The van der Waals surface area contributed by atoms with Gasteiger partial charge in [0.05, 0.1) is 17.9 Å².